The Morgan fingerprint density at radius 2 is 1.92 bits per heavy atom. The van der Waals surface area contributed by atoms with Gasteiger partial charge in [0.25, 0.3) is 0 Å². The number of rotatable bonds is 6. The van der Waals surface area contributed by atoms with Crippen LogP contribution in [-0.2, 0) is 0 Å². The van der Waals surface area contributed by atoms with Crippen LogP contribution in [0.15, 0.2) is 0 Å². The van der Waals surface area contributed by atoms with Crippen LogP contribution in [0.5, 0.6) is 0 Å². The van der Waals surface area contributed by atoms with Crippen molar-refractivity contribution in [3.8, 4) is 0 Å². The topological polar surface area (TPSA) is 43.7 Å². The summed E-state index contributed by atoms with van der Waals surface area (Å²) >= 11 is 1.62. The van der Waals surface area contributed by atoms with Crippen LogP contribution < -0.4 is 0 Å². The van der Waals surface area contributed by atoms with Gasteiger partial charge in [-0.15, -0.1) is 0 Å². The zero-order chi connectivity index (χ0) is 9.52. The van der Waals surface area contributed by atoms with E-state index in [1.807, 2.05) is 0 Å². The van der Waals surface area contributed by atoms with Gasteiger partial charge in [0.15, 0.2) is 6.29 Å². The lowest BCUT2D eigenvalue weighted by Gasteiger charge is -2.13. The van der Waals surface area contributed by atoms with Gasteiger partial charge in [-0.3, -0.25) is 0 Å². The Hall–Kier alpha value is 0.230. The highest BCUT2D eigenvalue weighted by Crippen LogP contribution is 2.09. The zero-order valence-corrected chi connectivity index (χ0v) is 8.80. The molecule has 0 aromatic heterocycles. The number of hydrogen-bond donors (Lipinski definition) is 2. The van der Waals surface area contributed by atoms with Gasteiger partial charge in [0, 0.05) is 5.75 Å². The molecule has 1 saturated heterocycles. The van der Waals surface area contributed by atoms with E-state index >= 15 is 0 Å². The predicted molar refractivity (Wildman–Crippen MR) is 55.8 cm³/mol. The molecule has 0 aliphatic carbocycles. The highest BCUT2D eigenvalue weighted by atomic mass is 32.2. The fourth-order valence-corrected chi connectivity index (χ4v) is 2.30. The molecule has 0 atom stereocenters. The van der Waals surface area contributed by atoms with Gasteiger partial charge in [-0.1, -0.05) is 0 Å². The molecule has 1 fully saturated rings. The number of aliphatic hydroxyl groups excluding tert-OH is 1. The minimum absolute atomic E-state index is 0.444. The van der Waals surface area contributed by atoms with Crippen LogP contribution >= 0.6 is 11.8 Å². The van der Waals surface area contributed by atoms with Crippen molar-refractivity contribution < 1.29 is 10.2 Å². The SMILES string of the molecule is OC(O)CSCCCN1CCCC1. The third-order valence-electron chi connectivity index (χ3n) is 2.23. The van der Waals surface area contributed by atoms with Crippen LogP contribution in [0.1, 0.15) is 19.3 Å². The Labute approximate surface area is 84.1 Å². The lowest BCUT2D eigenvalue weighted by Crippen LogP contribution is -2.21. The van der Waals surface area contributed by atoms with Crippen LogP contribution in [0.4, 0.5) is 0 Å². The average molecular weight is 205 g/mol. The van der Waals surface area contributed by atoms with Gasteiger partial charge in [0.05, 0.1) is 0 Å². The summed E-state index contributed by atoms with van der Waals surface area (Å²) in [6.07, 6.45) is 2.72. The van der Waals surface area contributed by atoms with Crippen molar-refractivity contribution in [2.24, 2.45) is 0 Å². The Morgan fingerprint density at radius 3 is 2.54 bits per heavy atom. The van der Waals surface area contributed by atoms with Crippen molar-refractivity contribution in [2.75, 3.05) is 31.1 Å². The number of nitrogens with zero attached hydrogens (tertiary/aromatic N) is 1. The van der Waals surface area contributed by atoms with Gasteiger partial charge in [-0.2, -0.15) is 11.8 Å². The molecular weight excluding hydrogens is 186 g/mol. The number of likely N-dealkylation sites (tertiary alicyclic amines) is 1. The molecule has 0 spiro atoms. The van der Waals surface area contributed by atoms with E-state index in [1.54, 1.807) is 11.8 Å². The normalized spacial score (nSPS) is 18.7. The first-order valence-electron chi connectivity index (χ1n) is 4.95. The summed E-state index contributed by atoms with van der Waals surface area (Å²) in [6, 6.07) is 0. The first-order chi connectivity index (χ1) is 6.29. The Kier molecular flexibility index (Phi) is 5.78. The summed E-state index contributed by atoms with van der Waals surface area (Å²) in [4.78, 5) is 2.48. The van der Waals surface area contributed by atoms with Gasteiger partial charge in [0.2, 0.25) is 0 Å². The van der Waals surface area contributed by atoms with E-state index in [1.165, 1.54) is 32.5 Å². The Morgan fingerprint density at radius 1 is 1.23 bits per heavy atom. The van der Waals surface area contributed by atoms with E-state index in [0.29, 0.717) is 5.75 Å². The molecule has 2 N–H and O–H groups in total. The number of thioether (sulfide) groups is 1. The van der Waals surface area contributed by atoms with Crippen LogP contribution in [-0.4, -0.2) is 52.5 Å². The Bertz CT molecular complexity index is 127. The van der Waals surface area contributed by atoms with Gasteiger partial charge < -0.3 is 15.1 Å². The van der Waals surface area contributed by atoms with Crippen molar-refractivity contribution in [1.29, 1.82) is 0 Å². The molecule has 0 radical (unpaired) electrons. The van der Waals surface area contributed by atoms with Crippen molar-refractivity contribution in [3.63, 3.8) is 0 Å². The fraction of sp³-hybridized carbons (Fsp3) is 1.00. The predicted octanol–water partition coefficient (Wildman–Crippen LogP) is 0.516. The molecule has 0 unspecified atom stereocenters. The molecule has 0 aromatic carbocycles. The zero-order valence-electron chi connectivity index (χ0n) is 7.98. The summed E-state index contributed by atoms with van der Waals surface area (Å²) in [5.74, 6) is 1.48. The van der Waals surface area contributed by atoms with Gasteiger partial charge in [-0.05, 0) is 44.6 Å². The van der Waals surface area contributed by atoms with Gasteiger partial charge in [-0.25, -0.2) is 0 Å². The highest BCUT2D eigenvalue weighted by Gasteiger charge is 2.10. The maximum absolute atomic E-state index is 8.59. The first kappa shape index (κ1) is 11.3. The second-order valence-corrected chi connectivity index (χ2v) is 4.61. The number of aliphatic hydroxyl groups is 2. The van der Waals surface area contributed by atoms with Gasteiger partial charge in [0.1, 0.15) is 0 Å². The molecule has 0 amide bonds. The molecule has 0 aromatic rings. The Balaban J connectivity index is 1.83. The van der Waals surface area contributed by atoms with E-state index in [-0.39, 0.29) is 0 Å². The molecule has 1 heterocycles. The second-order valence-electron chi connectivity index (χ2n) is 3.46. The maximum atomic E-state index is 8.59. The molecule has 4 heteroatoms. The van der Waals surface area contributed by atoms with E-state index in [9.17, 15) is 0 Å². The van der Waals surface area contributed by atoms with Crippen molar-refractivity contribution >= 4 is 11.8 Å². The quantitative estimate of drug-likeness (QED) is 0.490. The molecule has 13 heavy (non-hydrogen) atoms. The third kappa shape index (κ3) is 5.52. The smallest absolute Gasteiger partial charge is 0.160 e. The molecule has 3 nitrogen and oxygen atoms in total. The summed E-state index contributed by atoms with van der Waals surface area (Å²) in [7, 11) is 0. The summed E-state index contributed by atoms with van der Waals surface area (Å²) < 4.78 is 0. The van der Waals surface area contributed by atoms with E-state index in [4.69, 9.17) is 10.2 Å². The van der Waals surface area contributed by atoms with Crippen molar-refractivity contribution in [2.45, 2.75) is 25.6 Å². The van der Waals surface area contributed by atoms with E-state index in [2.05, 4.69) is 4.90 Å². The summed E-state index contributed by atoms with van der Waals surface area (Å²) in [6.45, 7) is 3.69. The van der Waals surface area contributed by atoms with Crippen molar-refractivity contribution in [1.82, 2.24) is 4.90 Å². The first-order valence-corrected chi connectivity index (χ1v) is 6.11. The molecule has 78 valence electrons. The number of hydrogen-bond acceptors (Lipinski definition) is 4. The highest BCUT2D eigenvalue weighted by molar-refractivity contribution is 7.99. The molecule has 1 aliphatic rings. The average Bonchev–Trinajstić information content (AvgIpc) is 2.55. The lowest BCUT2D eigenvalue weighted by atomic mass is 10.4. The molecule has 1 rings (SSSR count). The molecule has 0 saturated carbocycles. The minimum Gasteiger partial charge on any atom is -0.367 e. The summed E-state index contributed by atoms with van der Waals surface area (Å²) in [5, 5.41) is 17.2. The van der Waals surface area contributed by atoms with E-state index < -0.39 is 6.29 Å². The summed E-state index contributed by atoms with van der Waals surface area (Å²) in [5.41, 5.74) is 0. The van der Waals surface area contributed by atoms with Crippen LogP contribution in [0, 0.1) is 0 Å². The minimum atomic E-state index is -1.14. The fourth-order valence-electron chi connectivity index (χ4n) is 1.59. The van der Waals surface area contributed by atoms with Gasteiger partial charge >= 0.3 is 0 Å². The maximum Gasteiger partial charge on any atom is 0.160 e. The van der Waals surface area contributed by atoms with E-state index in [0.717, 1.165) is 12.2 Å². The molecule has 0 bridgehead atoms. The van der Waals surface area contributed by atoms with Crippen molar-refractivity contribution in [3.05, 3.63) is 0 Å². The van der Waals surface area contributed by atoms with Crippen LogP contribution in [0.3, 0.4) is 0 Å². The standard InChI is InChI=1S/C9H19NO2S/c11-9(12)8-13-7-3-6-10-4-1-2-5-10/h9,11-12H,1-8H2. The second kappa shape index (κ2) is 6.65. The molecular formula is C9H19NO2S. The largest absolute Gasteiger partial charge is 0.367 e. The van der Waals surface area contributed by atoms with Crippen LogP contribution in [0.25, 0.3) is 0 Å². The third-order valence-corrected chi connectivity index (χ3v) is 3.34. The van der Waals surface area contributed by atoms with Crippen LogP contribution in [0.2, 0.25) is 0 Å². The monoisotopic (exact) mass is 205 g/mol. The lowest BCUT2D eigenvalue weighted by molar-refractivity contribution is -0.0186. The molecule has 1 aliphatic heterocycles.